The zero-order valence-corrected chi connectivity index (χ0v) is 9.99. The van der Waals surface area contributed by atoms with Gasteiger partial charge in [-0.1, -0.05) is 0 Å². The topological polar surface area (TPSA) is 47.0 Å². The quantitative estimate of drug-likeness (QED) is 0.885. The van der Waals surface area contributed by atoms with E-state index in [-0.39, 0.29) is 6.04 Å². The van der Waals surface area contributed by atoms with Crippen molar-refractivity contribution >= 4 is 17.2 Å². The van der Waals surface area contributed by atoms with E-state index in [0.717, 1.165) is 17.3 Å². The van der Waals surface area contributed by atoms with Gasteiger partial charge in [0.25, 0.3) is 0 Å². The average Bonchev–Trinajstić information content (AvgIpc) is 2.83. The molecule has 4 nitrogen and oxygen atoms in total. The van der Waals surface area contributed by atoms with Crippen LogP contribution in [0.1, 0.15) is 18.7 Å². The van der Waals surface area contributed by atoms with Gasteiger partial charge in [0.15, 0.2) is 0 Å². The second-order valence-corrected chi connectivity index (χ2v) is 4.08. The Morgan fingerprint density at radius 1 is 1.44 bits per heavy atom. The molecule has 2 rings (SSSR count). The van der Waals surface area contributed by atoms with Crippen molar-refractivity contribution < 1.29 is 4.74 Å². The average molecular weight is 235 g/mol. The summed E-state index contributed by atoms with van der Waals surface area (Å²) in [4.78, 5) is 8.47. The van der Waals surface area contributed by atoms with E-state index in [1.54, 1.807) is 24.6 Å². The van der Waals surface area contributed by atoms with Gasteiger partial charge in [0.05, 0.1) is 24.4 Å². The van der Waals surface area contributed by atoms with Crippen LogP contribution in [0.2, 0.25) is 0 Å². The number of rotatable bonds is 4. The van der Waals surface area contributed by atoms with Gasteiger partial charge in [-0.2, -0.15) is 0 Å². The molecule has 0 aliphatic carbocycles. The maximum absolute atomic E-state index is 5.13. The number of hydrogen-bond donors (Lipinski definition) is 1. The maximum Gasteiger partial charge on any atom is 0.130 e. The fourth-order valence-electron chi connectivity index (χ4n) is 1.35. The molecule has 5 heteroatoms. The lowest BCUT2D eigenvalue weighted by atomic mass is 10.2. The largest absolute Gasteiger partial charge is 0.497 e. The highest BCUT2D eigenvalue weighted by molar-refractivity contribution is 7.07. The number of methoxy groups -OCH3 is 1. The molecule has 0 radical (unpaired) electrons. The summed E-state index contributed by atoms with van der Waals surface area (Å²) in [6.45, 7) is 2.05. The predicted molar refractivity (Wildman–Crippen MR) is 64.9 cm³/mol. The predicted octanol–water partition coefficient (Wildman–Crippen LogP) is 2.72. The summed E-state index contributed by atoms with van der Waals surface area (Å²) in [6, 6.07) is 3.83. The highest BCUT2D eigenvalue weighted by Crippen LogP contribution is 2.20. The standard InChI is InChI=1S/C11H13N3OS/c1-8(10-6-16-7-13-10)14-11-5-9(15-2)3-4-12-11/h3-8H,1-2H3,(H,12,14). The van der Waals surface area contributed by atoms with E-state index in [2.05, 4.69) is 22.2 Å². The molecule has 84 valence electrons. The van der Waals surface area contributed by atoms with Crippen molar-refractivity contribution in [3.05, 3.63) is 34.9 Å². The van der Waals surface area contributed by atoms with Crippen LogP contribution in [0.15, 0.2) is 29.2 Å². The Balaban J connectivity index is 2.08. The monoisotopic (exact) mass is 235 g/mol. The minimum atomic E-state index is 0.144. The van der Waals surface area contributed by atoms with Crippen LogP contribution >= 0.6 is 11.3 Å². The molecule has 0 saturated heterocycles. The van der Waals surface area contributed by atoms with Gasteiger partial charge in [-0.15, -0.1) is 11.3 Å². The molecule has 0 aliphatic heterocycles. The third-order valence-corrected chi connectivity index (χ3v) is 2.83. The smallest absolute Gasteiger partial charge is 0.130 e. The molecular weight excluding hydrogens is 222 g/mol. The van der Waals surface area contributed by atoms with Crippen molar-refractivity contribution in [2.45, 2.75) is 13.0 Å². The zero-order valence-electron chi connectivity index (χ0n) is 9.18. The van der Waals surface area contributed by atoms with E-state index in [4.69, 9.17) is 4.74 Å². The van der Waals surface area contributed by atoms with E-state index >= 15 is 0 Å². The van der Waals surface area contributed by atoms with Crippen LogP contribution in [0, 0.1) is 0 Å². The Hall–Kier alpha value is -1.62. The number of hydrogen-bond acceptors (Lipinski definition) is 5. The van der Waals surface area contributed by atoms with Crippen LogP contribution in [0.3, 0.4) is 0 Å². The van der Waals surface area contributed by atoms with E-state index < -0.39 is 0 Å². The van der Waals surface area contributed by atoms with E-state index in [1.165, 1.54) is 0 Å². The summed E-state index contributed by atoms with van der Waals surface area (Å²) in [5.41, 5.74) is 2.85. The van der Waals surface area contributed by atoms with Crippen molar-refractivity contribution in [2.75, 3.05) is 12.4 Å². The molecule has 0 aromatic carbocycles. The van der Waals surface area contributed by atoms with Crippen LogP contribution in [0.5, 0.6) is 5.75 Å². The molecule has 0 spiro atoms. The van der Waals surface area contributed by atoms with Gasteiger partial charge >= 0.3 is 0 Å². The SMILES string of the molecule is COc1ccnc(NC(C)c2cscn2)c1. The number of aromatic nitrogens is 2. The maximum atomic E-state index is 5.13. The lowest BCUT2D eigenvalue weighted by Gasteiger charge is -2.12. The van der Waals surface area contributed by atoms with Crippen LogP contribution in [0.4, 0.5) is 5.82 Å². The number of anilines is 1. The van der Waals surface area contributed by atoms with E-state index in [9.17, 15) is 0 Å². The summed E-state index contributed by atoms with van der Waals surface area (Å²) in [5.74, 6) is 1.59. The summed E-state index contributed by atoms with van der Waals surface area (Å²) >= 11 is 1.59. The highest BCUT2D eigenvalue weighted by Gasteiger charge is 2.07. The summed E-state index contributed by atoms with van der Waals surface area (Å²) in [7, 11) is 1.64. The molecule has 2 heterocycles. The third kappa shape index (κ3) is 2.49. The van der Waals surface area contributed by atoms with Gasteiger partial charge in [-0.05, 0) is 13.0 Å². The Labute approximate surface area is 98.3 Å². The fourth-order valence-corrected chi connectivity index (χ4v) is 2.00. The van der Waals surface area contributed by atoms with Gasteiger partial charge in [0.2, 0.25) is 0 Å². The third-order valence-electron chi connectivity index (χ3n) is 2.23. The first-order valence-corrected chi connectivity index (χ1v) is 5.88. The Morgan fingerprint density at radius 2 is 2.31 bits per heavy atom. The Bertz CT molecular complexity index is 444. The van der Waals surface area contributed by atoms with Crippen LogP contribution < -0.4 is 10.1 Å². The number of thiazole rings is 1. The van der Waals surface area contributed by atoms with Crippen molar-refractivity contribution in [1.82, 2.24) is 9.97 Å². The molecule has 16 heavy (non-hydrogen) atoms. The van der Waals surface area contributed by atoms with Crippen molar-refractivity contribution in [3.8, 4) is 5.75 Å². The first kappa shape index (κ1) is 10.9. The van der Waals surface area contributed by atoms with E-state index in [0.29, 0.717) is 0 Å². The molecule has 0 bridgehead atoms. The van der Waals surface area contributed by atoms with Gasteiger partial charge in [0.1, 0.15) is 11.6 Å². The molecule has 2 aromatic heterocycles. The number of nitrogens with zero attached hydrogens (tertiary/aromatic N) is 2. The van der Waals surface area contributed by atoms with Gasteiger partial charge in [0, 0.05) is 17.6 Å². The second-order valence-electron chi connectivity index (χ2n) is 3.36. The Kier molecular flexibility index (Phi) is 3.36. The van der Waals surface area contributed by atoms with Gasteiger partial charge in [-0.25, -0.2) is 9.97 Å². The van der Waals surface area contributed by atoms with Gasteiger partial charge in [-0.3, -0.25) is 0 Å². The molecule has 0 aliphatic rings. The summed E-state index contributed by atoms with van der Waals surface area (Å²) < 4.78 is 5.13. The van der Waals surface area contributed by atoms with Crippen LogP contribution in [-0.4, -0.2) is 17.1 Å². The normalized spacial score (nSPS) is 12.1. The first-order valence-electron chi connectivity index (χ1n) is 4.94. The zero-order chi connectivity index (χ0) is 11.4. The van der Waals surface area contributed by atoms with Crippen LogP contribution in [0.25, 0.3) is 0 Å². The molecule has 1 atom stereocenters. The molecule has 2 aromatic rings. The second kappa shape index (κ2) is 4.94. The first-order chi connectivity index (χ1) is 7.79. The van der Waals surface area contributed by atoms with Gasteiger partial charge < -0.3 is 10.1 Å². The highest BCUT2D eigenvalue weighted by atomic mass is 32.1. The van der Waals surface area contributed by atoms with Crippen molar-refractivity contribution in [3.63, 3.8) is 0 Å². The molecule has 0 fully saturated rings. The fraction of sp³-hybridized carbons (Fsp3) is 0.273. The molecule has 0 amide bonds. The Morgan fingerprint density at radius 3 is 3.00 bits per heavy atom. The van der Waals surface area contributed by atoms with Crippen molar-refractivity contribution in [2.24, 2.45) is 0 Å². The number of nitrogens with one attached hydrogen (secondary N) is 1. The summed E-state index contributed by atoms with van der Waals surface area (Å²) in [5, 5.41) is 5.30. The molecule has 0 saturated carbocycles. The van der Waals surface area contributed by atoms with E-state index in [1.807, 2.05) is 23.0 Å². The molecule has 1 unspecified atom stereocenters. The van der Waals surface area contributed by atoms with Crippen molar-refractivity contribution in [1.29, 1.82) is 0 Å². The lowest BCUT2D eigenvalue weighted by Crippen LogP contribution is -2.08. The minimum absolute atomic E-state index is 0.144. The number of pyridine rings is 1. The molecule has 1 N–H and O–H groups in total. The lowest BCUT2D eigenvalue weighted by molar-refractivity contribution is 0.414. The van der Waals surface area contributed by atoms with Crippen LogP contribution in [-0.2, 0) is 0 Å². The molecular formula is C11H13N3OS. The summed E-state index contributed by atoms with van der Waals surface area (Å²) in [6.07, 6.45) is 1.72. The number of ether oxygens (including phenoxy) is 1. The minimum Gasteiger partial charge on any atom is -0.497 e.